The molecule has 0 aliphatic heterocycles. The lowest BCUT2D eigenvalue weighted by molar-refractivity contribution is -0.117. The summed E-state index contributed by atoms with van der Waals surface area (Å²) in [5.41, 5.74) is 6.74. The number of nitrogens with zero attached hydrogens (tertiary/aromatic N) is 4. The molecule has 0 atom stereocenters. The van der Waals surface area contributed by atoms with Crippen LogP contribution in [0.5, 0.6) is 0 Å². The molecule has 0 unspecified atom stereocenters. The molecule has 8 nitrogen and oxygen atoms in total. The third kappa shape index (κ3) is 3.57. The van der Waals surface area contributed by atoms with Gasteiger partial charge >= 0.3 is 0 Å². The van der Waals surface area contributed by atoms with Crippen molar-refractivity contribution in [2.45, 2.75) is 12.8 Å². The highest BCUT2D eigenvalue weighted by molar-refractivity contribution is 7.13. The van der Waals surface area contributed by atoms with Crippen molar-refractivity contribution in [2.75, 3.05) is 5.32 Å². The fourth-order valence-corrected chi connectivity index (χ4v) is 5.09. The van der Waals surface area contributed by atoms with E-state index >= 15 is 0 Å². The number of anilines is 1. The Morgan fingerprint density at radius 3 is 2.77 bits per heavy atom. The van der Waals surface area contributed by atoms with Gasteiger partial charge < -0.3 is 10.3 Å². The first-order valence-electron chi connectivity index (χ1n) is 11.4. The number of carbonyl (C=O) groups is 1. The number of thiophene rings is 1. The molecular weight excluding hydrogens is 458 g/mol. The van der Waals surface area contributed by atoms with Gasteiger partial charge in [0.1, 0.15) is 11.3 Å². The molecule has 3 N–H and O–H groups in total. The Hall–Kier alpha value is -4.37. The van der Waals surface area contributed by atoms with Crippen LogP contribution in [0.25, 0.3) is 55.0 Å². The summed E-state index contributed by atoms with van der Waals surface area (Å²) < 4.78 is 0. The van der Waals surface area contributed by atoms with E-state index in [9.17, 15) is 4.79 Å². The van der Waals surface area contributed by atoms with E-state index in [0.29, 0.717) is 11.3 Å². The zero-order valence-corrected chi connectivity index (χ0v) is 19.3. The molecule has 0 aromatic carbocycles. The summed E-state index contributed by atoms with van der Waals surface area (Å²) in [5, 5.41) is 14.6. The third-order valence-electron chi connectivity index (χ3n) is 6.28. The number of amides is 1. The van der Waals surface area contributed by atoms with Gasteiger partial charge in [-0.2, -0.15) is 5.10 Å². The summed E-state index contributed by atoms with van der Waals surface area (Å²) in [6.45, 7) is 0. The van der Waals surface area contributed by atoms with Gasteiger partial charge in [0.25, 0.3) is 0 Å². The Labute approximate surface area is 203 Å². The molecule has 0 bridgehead atoms. The highest BCUT2D eigenvalue weighted by Gasteiger charge is 2.29. The van der Waals surface area contributed by atoms with Crippen molar-refractivity contribution in [3.63, 3.8) is 0 Å². The average Bonchev–Trinajstić information content (AvgIpc) is 3.26. The van der Waals surface area contributed by atoms with Gasteiger partial charge in [0, 0.05) is 56.8 Å². The number of fused-ring (bicyclic) bond motifs is 2. The number of hydrogen-bond donors (Lipinski definition) is 3. The van der Waals surface area contributed by atoms with Crippen molar-refractivity contribution in [1.29, 1.82) is 0 Å². The molecule has 0 radical (unpaired) electrons. The van der Waals surface area contributed by atoms with Crippen LogP contribution in [0.2, 0.25) is 0 Å². The molecule has 0 saturated heterocycles. The predicted molar refractivity (Wildman–Crippen MR) is 137 cm³/mol. The number of pyridine rings is 3. The standard InChI is InChI=1S/C26H19N7OS/c34-26(14-3-4-14)30-17-8-15(11-27-13-17)16-9-20-23(32-33-25(20)29-12-16)21-10-19-18(22-2-1-7-35-22)5-6-28-24(19)31-21/h1-2,5-14H,3-4H2,(H,28,31)(H,30,34)(H,29,32,33). The lowest BCUT2D eigenvalue weighted by Gasteiger charge is -2.07. The van der Waals surface area contributed by atoms with Crippen LogP contribution in [0.15, 0.2) is 66.6 Å². The van der Waals surface area contributed by atoms with E-state index in [2.05, 4.69) is 59.0 Å². The van der Waals surface area contributed by atoms with E-state index in [4.69, 9.17) is 0 Å². The first kappa shape index (κ1) is 20.0. The van der Waals surface area contributed by atoms with Gasteiger partial charge in [0.2, 0.25) is 5.91 Å². The molecule has 7 rings (SSSR count). The zero-order chi connectivity index (χ0) is 23.4. The molecule has 1 amide bonds. The van der Waals surface area contributed by atoms with E-state index < -0.39 is 0 Å². The van der Waals surface area contributed by atoms with E-state index in [0.717, 1.165) is 57.3 Å². The van der Waals surface area contributed by atoms with Crippen LogP contribution in [0.4, 0.5) is 5.69 Å². The van der Waals surface area contributed by atoms with Crippen LogP contribution in [0, 0.1) is 5.92 Å². The Bertz CT molecular complexity index is 1710. The Morgan fingerprint density at radius 1 is 1.00 bits per heavy atom. The fraction of sp³-hybridized carbons (Fsp3) is 0.115. The predicted octanol–water partition coefficient (Wildman–Crippen LogP) is 5.64. The molecule has 1 aliphatic carbocycles. The SMILES string of the molecule is O=C(Nc1cncc(-c2cnc3[nH]nc(-c4cc5c(-c6cccs6)ccnc5[nH]4)c3c2)c1)C1CC1. The van der Waals surface area contributed by atoms with Crippen molar-refractivity contribution >= 4 is 45.0 Å². The molecule has 0 spiro atoms. The second-order valence-corrected chi connectivity index (χ2v) is 9.65. The maximum Gasteiger partial charge on any atom is 0.227 e. The second kappa shape index (κ2) is 7.85. The average molecular weight is 478 g/mol. The second-order valence-electron chi connectivity index (χ2n) is 8.70. The third-order valence-corrected chi connectivity index (χ3v) is 7.18. The van der Waals surface area contributed by atoms with Crippen molar-refractivity contribution in [3.8, 4) is 33.0 Å². The van der Waals surface area contributed by atoms with Gasteiger partial charge in [0.05, 0.1) is 17.6 Å². The quantitative estimate of drug-likeness (QED) is 0.297. The minimum Gasteiger partial charge on any atom is -0.338 e. The number of H-pyrrole nitrogens is 2. The Balaban J connectivity index is 1.29. The normalized spacial score (nSPS) is 13.5. The summed E-state index contributed by atoms with van der Waals surface area (Å²) in [6.07, 6.45) is 8.97. The lowest BCUT2D eigenvalue weighted by atomic mass is 10.1. The Morgan fingerprint density at radius 2 is 1.91 bits per heavy atom. The van der Waals surface area contributed by atoms with Crippen molar-refractivity contribution in [3.05, 3.63) is 66.6 Å². The van der Waals surface area contributed by atoms with E-state index in [-0.39, 0.29) is 11.8 Å². The highest BCUT2D eigenvalue weighted by Crippen LogP contribution is 2.35. The largest absolute Gasteiger partial charge is 0.338 e. The van der Waals surface area contributed by atoms with Crippen LogP contribution in [-0.2, 0) is 4.79 Å². The van der Waals surface area contributed by atoms with Gasteiger partial charge in [-0.3, -0.25) is 14.9 Å². The van der Waals surface area contributed by atoms with Crippen molar-refractivity contribution < 1.29 is 4.79 Å². The molecule has 1 fully saturated rings. The van der Waals surface area contributed by atoms with Gasteiger partial charge in [-0.15, -0.1) is 11.3 Å². The van der Waals surface area contributed by atoms with Gasteiger partial charge in [-0.05, 0) is 48.6 Å². The van der Waals surface area contributed by atoms with Gasteiger partial charge in [-0.25, -0.2) is 9.97 Å². The summed E-state index contributed by atoms with van der Waals surface area (Å²) in [6, 6.07) is 12.3. The summed E-state index contributed by atoms with van der Waals surface area (Å²) in [7, 11) is 0. The molecule has 6 aromatic heterocycles. The maximum absolute atomic E-state index is 12.2. The van der Waals surface area contributed by atoms with Crippen LogP contribution >= 0.6 is 11.3 Å². The molecule has 9 heteroatoms. The van der Waals surface area contributed by atoms with Crippen LogP contribution in [0.1, 0.15) is 12.8 Å². The molecule has 6 heterocycles. The first-order chi connectivity index (χ1) is 17.2. The smallest absolute Gasteiger partial charge is 0.227 e. The maximum atomic E-state index is 12.2. The molecule has 35 heavy (non-hydrogen) atoms. The van der Waals surface area contributed by atoms with E-state index in [1.165, 1.54) is 4.88 Å². The first-order valence-corrected chi connectivity index (χ1v) is 12.2. The monoisotopic (exact) mass is 477 g/mol. The number of rotatable bonds is 5. The van der Waals surface area contributed by atoms with Crippen molar-refractivity contribution in [1.82, 2.24) is 30.1 Å². The van der Waals surface area contributed by atoms with Crippen LogP contribution < -0.4 is 5.32 Å². The summed E-state index contributed by atoms with van der Waals surface area (Å²) >= 11 is 1.70. The lowest BCUT2D eigenvalue weighted by Crippen LogP contribution is -2.13. The molecule has 170 valence electrons. The number of carbonyl (C=O) groups excluding carboxylic acids is 1. The minimum atomic E-state index is 0.0592. The molecular formula is C26H19N7OS. The van der Waals surface area contributed by atoms with E-state index in [1.807, 2.05) is 24.4 Å². The zero-order valence-electron chi connectivity index (χ0n) is 18.4. The summed E-state index contributed by atoms with van der Waals surface area (Å²) in [4.78, 5) is 30.2. The Kier molecular flexibility index (Phi) is 4.49. The van der Waals surface area contributed by atoms with Crippen LogP contribution in [0.3, 0.4) is 0 Å². The number of aromatic amines is 2. The molecule has 1 aliphatic rings. The molecule has 6 aromatic rings. The fourth-order valence-electron chi connectivity index (χ4n) is 4.32. The number of hydrogen-bond acceptors (Lipinski definition) is 6. The summed E-state index contributed by atoms with van der Waals surface area (Å²) in [5.74, 6) is 0.195. The van der Waals surface area contributed by atoms with Gasteiger partial charge in [0.15, 0.2) is 5.65 Å². The number of aromatic nitrogens is 6. The van der Waals surface area contributed by atoms with Gasteiger partial charge in [-0.1, -0.05) is 6.07 Å². The number of nitrogens with one attached hydrogen (secondary N) is 3. The van der Waals surface area contributed by atoms with Crippen LogP contribution in [-0.4, -0.2) is 36.0 Å². The van der Waals surface area contributed by atoms with Crippen molar-refractivity contribution in [2.24, 2.45) is 5.92 Å². The minimum absolute atomic E-state index is 0.0592. The topological polar surface area (TPSA) is 112 Å². The highest BCUT2D eigenvalue weighted by atomic mass is 32.1. The molecule has 1 saturated carbocycles. The van der Waals surface area contributed by atoms with E-state index in [1.54, 1.807) is 29.9 Å².